The third-order valence-electron chi connectivity index (χ3n) is 4.35. The Balaban J connectivity index is 1.92. The molecule has 0 unspecified atom stereocenters. The van der Waals surface area contributed by atoms with Gasteiger partial charge in [-0.2, -0.15) is 0 Å². The van der Waals surface area contributed by atoms with Crippen molar-refractivity contribution in [2.75, 3.05) is 5.73 Å². The van der Waals surface area contributed by atoms with Gasteiger partial charge in [-0.1, -0.05) is 25.1 Å². The Morgan fingerprint density at radius 2 is 2.15 bits per heavy atom. The third kappa shape index (κ3) is 2.11. The number of aromatic nitrogens is 1. The van der Waals surface area contributed by atoms with Gasteiger partial charge in [0, 0.05) is 16.6 Å². The molecule has 1 amide bonds. The number of nitrogens with zero attached hydrogens (tertiary/aromatic N) is 1. The number of anilines is 1. The van der Waals surface area contributed by atoms with Crippen LogP contribution >= 0.6 is 0 Å². The van der Waals surface area contributed by atoms with E-state index in [0.717, 1.165) is 30.2 Å². The van der Waals surface area contributed by atoms with Gasteiger partial charge in [0.2, 0.25) is 0 Å². The van der Waals surface area contributed by atoms with E-state index in [2.05, 4.69) is 17.2 Å². The molecule has 1 aromatic heterocycles. The minimum atomic E-state index is -0.121. The minimum absolute atomic E-state index is 0.0286. The van der Waals surface area contributed by atoms with Gasteiger partial charge >= 0.3 is 0 Å². The number of hydrogen-bond acceptors (Lipinski definition) is 3. The fourth-order valence-electron chi connectivity index (χ4n) is 2.79. The smallest absolute Gasteiger partial charge is 0.270 e. The molecule has 1 saturated carbocycles. The lowest BCUT2D eigenvalue weighted by molar-refractivity contribution is 0.0815. The number of carbonyl (C=O) groups excluding carboxylic acids is 1. The molecule has 3 rings (SSSR count). The SMILES string of the molecule is CCC1(NC(=O)c2cc(N)c3ccccc3n2)CCC1. The lowest BCUT2D eigenvalue weighted by atomic mass is 9.75. The highest BCUT2D eigenvalue weighted by molar-refractivity contribution is 5.99. The standard InChI is InChI=1S/C16H19N3O/c1-2-16(8-5-9-16)19-15(20)14-10-12(17)11-6-3-4-7-13(11)18-14/h3-4,6-7,10H,2,5,8-9H2,1H3,(H2,17,18)(H,19,20). The van der Waals surface area contributed by atoms with Crippen molar-refractivity contribution in [3.8, 4) is 0 Å². The molecule has 2 aromatic rings. The van der Waals surface area contributed by atoms with Crippen LogP contribution in [0.15, 0.2) is 30.3 Å². The lowest BCUT2D eigenvalue weighted by Crippen LogP contribution is -2.53. The van der Waals surface area contributed by atoms with E-state index >= 15 is 0 Å². The van der Waals surface area contributed by atoms with Gasteiger partial charge in [-0.15, -0.1) is 0 Å². The molecule has 1 aliphatic carbocycles. The molecule has 104 valence electrons. The topological polar surface area (TPSA) is 68.0 Å². The summed E-state index contributed by atoms with van der Waals surface area (Å²) < 4.78 is 0. The predicted molar refractivity (Wildman–Crippen MR) is 80.5 cm³/mol. The van der Waals surface area contributed by atoms with E-state index < -0.39 is 0 Å². The fraction of sp³-hybridized carbons (Fsp3) is 0.375. The monoisotopic (exact) mass is 269 g/mol. The van der Waals surface area contributed by atoms with Gasteiger partial charge in [-0.05, 0) is 37.8 Å². The van der Waals surface area contributed by atoms with Gasteiger partial charge in [0.15, 0.2) is 0 Å². The maximum absolute atomic E-state index is 12.4. The zero-order valence-corrected chi connectivity index (χ0v) is 11.6. The van der Waals surface area contributed by atoms with E-state index in [1.54, 1.807) is 6.07 Å². The molecule has 0 aliphatic heterocycles. The second-order valence-corrected chi connectivity index (χ2v) is 5.56. The van der Waals surface area contributed by atoms with E-state index in [1.165, 1.54) is 6.42 Å². The largest absolute Gasteiger partial charge is 0.398 e. The summed E-state index contributed by atoms with van der Waals surface area (Å²) in [6, 6.07) is 9.27. The maximum atomic E-state index is 12.4. The van der Waals surface area contributed by atoms with Crippen LogP contribution in [0.5, 0.6) is 0 Å². The maximum Gasteiger partial charge on any atom is 0.270 e. The Bertz CT molecular complexity index is 656. The predicted octanol–water partition coefficient (Wildman–Crippen LogP) is 2.88. The first-order valence-electron chi connectivity index (χ1n) is 7.11. The van der Waals surface area contributed by atoms with Crippen LogP contribution in [-0.4, -0.2) is 16.4 Å². The van der Waals surface area contributed by atoms with E-state index in [1.807, 2.05) is 24.3 Å². The average molecular weight is 269 g/mol. The fourth-order valence-corrected chi connectivity index (χ4v) is 2.79. The van der Waals surface area contributed by atoms with Crippen molar-refractivity contribution in [1.29, 1.82) is 0 Å². The van der Waals surface area contributed by atoms with Gasteiger partial charge in [-0.3, -0.25) is 4.79 Å². The molecule has 0 spiro atoms. The molecule has 0 radical (unpaired) electrons. The molecule has 1 aromatic carbocycles. The first-order valence-corrected chi connectivity index (χ1v) is 7.11. The summed E-state index contributed by atoms with van der Waals surface area (Å²) in [6.45, 7) is 2.11. The Morgan fingerprint density at radius 3 is 2.80 bits per heavy atom. The van der Waals surface area contributed by atoms with Crippen molar-refractivity contribution in [1.82, 2.24) is 10.3 Å². The van der Waals surface area contributed by atoms with Crippen LogP contribution in [0, 0.1) is 0 Å². The summed E-state index contributed by atoms with van der Waals surface area (Å²) >= 11 is 0. The molecule has 3 N–H and O–H groups in total. The number of carbonyl (C=O) groups is 1. The van der Waals surface area contributed by atoms with Crippen LogP contribution in [0.2, 0.25) is 0 Å². The third-order valence-corrected chi connectivity index (χ3v) is 4.35. The van der Waals surface area contributed by atoms with Crippen LogP contribution in [0.1, 0.15) is 43.1 Å². The number of nitrogen functional groups attached to an aromatic ring is 1. The number of pyridine rings is 1. The number of nitrogens with two attached hydrogens (primary N) is 1. The molecule has 1 aliphatic rings. The number of benzene rings is 1. The first kappa shape index (κ1) is 12.9. The number of para-hydroxylation sites is 1. The van der Waals surface area contributed by atoms with Gasteiger partial charge in [-0.25, -0.2) is 4.98 Å². The minimum Gasteiger partial charge on any atom is -0.398 e. The van der Waals surface area contributed by atoms with Crippen molar-refractivity contribution in [2.45, 2.75) is 38.1 Å². The van der Waals surface area contributed by atoms with Gasteiger partial charge in [0.1, 0.15) is 5.69 Å². The normalized spacial score (nSPS) is 16.6. The first-order chi connectivity index (χ1) is 9.63. The molecule has 0 bridgehead atoms. The van der Waals surface area contributed by atoms with Crippen LogP contribution in [0.3, 0.4) is 0 Å². The summed E-state index contributed by atoms with van der Waals surface area (Å²) in [5.74, 6) is -0.121. The summed E-state index contributed by atoms with van der Waals surface area (Å²) in [5, 5.41) is 4.02. The quantitative estimate of drug-likeness (QED) is 0.900. The number of rotatable bonds is 3. The van der Waals surface area contributed by atoms with E-state index in [9.17, 15) is 4.79 Å². The second kappa shape index (κ2) is 4.78. The summed E-state index contributed by atoms with van der Waals surface area (Å²) in [5.41, 5.74) is 7.75. The summed E-state index contributed by atoms with van der Waals surface area (Å²) in [4.78, 5) is 16.8. The lowest BCUT2D eigenvalue weighted by Gasteiger charge is -2.41. The molecule has 4 nitrogen and oxygen atoms in total. The van der Waals surface area contributed by atoms with Crippen molar-refractivity contribution in [3.05, 3.63) is 36.0 Å². The molecule has 20 heavy (non-hydrogen) atoms. The second-order valence-electron chi connectivity index (χ2n) is 5.56. The number of amides is 1. The number of fused-ring (bicyclic) bond motifs is 1. The highest BCUT2D eigenvalue weighted by Gasteiger charge is 2.36. The van der Waals surface area contributed by atoms with Crippen molar-refractivity contribution in [2.24, 2.45) is 0 Å². The van der Waals surface area contributed by atoms with Crippen molar-refractivity contribution in [3.63, 3.8) is 0 Å². The molecule has 1 heterocycles. The Labute approximate surface area is 118 Å². The Kier molecular flexibility index (Phi) is 3.08. The highest BCUT2D eigenvalue weighted by atomic mass is 16.2. The highest BCUT2D eigenvalue weighted by Crippen LogP contribution is 2.34. The number of hydrogen-bond donors (Lipinski definition) is 2. The van der Waals surface area contributed by atoms with Crippen LogP contribution in [0.4, 0.5) is 5.69 Å². The summed E-state index contributed by atoms with van der Waals surface area (Å²) in [6.07, 6.45) is 4.25. The van der Waals surface area contributed by atoms with Crippen molar-refractivity contribution < 1.29 is 4.79 Å². The average Bonchev–Trinajstić information content (AvgIpc) is 2.42. The Hall–Kier alpha value is -2.10. The Morgan fingerprint density at radius 1 is 1.40 bits per heavy atom. The van der Waals surface area contributed by atoms with Gasteiger partial charge in [0.25, 0.3) is 5.91 Å². The molecule has 0 atom stereocenters. The molecular formula is C16H19N3O. The molecule has 1 fully saturated rings. The molecular weight excluding hydrogens is 250 g/mol. The van der Waals surface area contributed by atoms with Crippen LogP contribution < -0.4 is 11.1 Å². The molecule has 0 saturated heterocycles. The van der Waals surface area contributed by atoms with Gasteiger partial charge < -0.3 is 11.1 Å². The molecule has 4 heteroatoms. The summed E-state index contributed by atoms with van der Waals surface area (Å²) in [7, 11) is 0. The van der Waals surface area contributed by atoms with E-state index in [-0.39, 0.29) is 11.4 Å². The van der Waals surface area contributed by atoms with E-state index in [4.69, 9.17) is 5.73 Å². The van der Waals surface area contributed by atoms with Gasteiger partial charge in [0.05, 0.1) is 5.52 Å². The van der Waals surface area contributed by atoms with E-state index in [0.29, 0.717) is 11.4 Å². The van der Waals surface area contributed by atoms with Crippen LogP contribution in [0.25, 0.3) is 10.9 Å². The van der Waals surface area contributed by atoms with Crippen LogP contribution in [-0.2, 0) is 0 Å². The zero-order valence-electron chi connectivity index (χ0n) is 11.6. The number of nitrogens with one attached hydrogen (secondary N) is 1. The zero-order chi connectivity index (χ0) is 14.2. The van der Waals surface area contributed by atoms with Crippen molar-refractivity contribution >= 4 is 22.5 Å².